The smallest absolute Gasteiger partial charge is 0.259 e. The van der Waals surface area contributed by atoms with Gasteiger partial charge in [-0.3, -0.25) is 4.79 Å². The molecule has 3 aromatic rings. The first-order chi connectivity index (χ1) is 12.7. The molecule has 0 spiro atoms. The fourth-order valence-electron chi connectivity index (χ4n) is 2.96. The molecule has 0 fully saturated rings. The first-order valence-electron chi connectivity index (χ1n) is 8.35. The number of hydrogen-bond donors (Lipinski definition) is 1. The van der Waals surface area contributed by atoms with Crippen molar-refractivity contribution in [3.63, 3.8) is 0 Å². The van der Waals surface area contributed by atoms with E-state index in [0.717, 1.165) is 16.5 Å². The summed E-state index contributed by atoms with van der Waals surface area (Å²) in [6.45, 7) is 2.98. The van der Waals surface area contributed by atoms with Crippen LogP contribution in [0.4, 0.5) is 0 Å². The highest BCUT2D eigenvalue weighted by molar-refractivity contribution is 6.04. The Kier molecular flexibility index (Phi) is 5.04. The van der Waals surface area contributed by atoms with Gasteiger partial charge >= 0.3 is 0 Å². The van der Waals surface area contributed by atoms with Gasteiger partial charge in [0, 0.05) is 10.9 Å². The van der Waals surface area contributed by atoms with Gasteiger partial charge in [0.15, 0.2) is 0 Å². The molecule has 1 amide bonds. The molecule has 1 aromatic heterocycles. The monoisotopic (exact) mass is 345 g/mol. The van der Waals surface area contributed by atoms with Gasteiger partial charge in [0.2, 0.25) is 5.88 Å². The Hall–Kier alpha value is -3.52. The zero-order valence-corrected chi connectivity index (χ0v) is 14.5. The van der Waals surface area contributed by atoms with E-state index in [4.69, 9.17) is 10.5 Å². The van der Waals surface area contributed by atoms with E-state index in [0.29, 0.717) is 24.6 Å². The van der Waals surface area contributed by atoms with Crippen LogP contribution >= 0.6 is 0 Å². The number of aromatic nitrogens is 1. The highest BCUT2D eigenvalue weighted by Crippen LogP contribution is 2.34. The molecule has 5 heteroatoms. The predicted molar refractivity (Wildman–Crippen MR) is 101 cm³/mol. The maximum absolute atomic E-state index is 11.5. The Morgan fingerprint density at radius 3 is 2.54 bits per heavy atom. The Bertz CT molecular complexity index is 1010. The number of amides is 1. The molecule has 26 heavy (non-hydrogen) atoms. The van der Waals surface area contributed by atoms with Gasteiger partial charge in [-0.15, -0.1) is 0 Å². The van der Waals surface area contributed by atoms with Gasteiger partial charge in [-0.2, -0.15) is 5.26 Å². The average Bonchev–Trinajstić information content (AvgIpc) is 2.94. The fourth-order valence-corrected chi connectivity index (χ4v) is 2.96. The number of hydrogen-bond acceptors (Lipinski definition) is 3. The average molecular weight is 345 g/mol. The lowest BCUT2D eigenvalue weighted by atomic mass is 10.1. The summed E-state index contributed by atoms with van der Waals surface area (Å²) >= 11 is 0. The van der Waals surface area contributed by atoms with Crippen LogP contribution in [0.25, 0.3) is 17.0 Å². The van der Waals surface area contributed by atoms with Crippen LogP contribution in [0, 0.1) is 11.3 Å². The van der Waals surface area contributed by atoms with Crippen LogP contribution in [0.2, 0.25) is 0 Å². The van der Waals surface area contributed by atoms with Crippen molar-refractivity contribution in [2.75, 3.05) is 6.61 Å². The van der Waals surface area contributed by atoms with Gasteiger partial charge in [-0.25, -0.2) is 0 Å². The Morgan fingerprint density at radius 2 is 1.88 bits per heavy atom. The van der Waals surface area contributed by atoms with Crippen molar-refractivity contribution in [2.45, 2.75) is 13.5 Å². The molecule has 0 aliphatic rings. The topological polar surface area (TPSA) is 81.0 Å². The van der Waals surface area contributed by atoms with Crippen molar-refractivity contribution >= 4 is 22.9 Å². The highest BCUT2D eigenvalue weighted by Gasteiger charge is 2.18. The predicted octanol–water partition coefficient (Wildman–Crippen LogP) is 3.48. The molecular weight excluding hydrogens is 326 g/mol. The van der Waals surface area contributed by atoms with E-state index in [1.165, 1.54) is 6.08 Å². The summed E-state index contributed by atoms with van der Waals surface area (Å²) in [6.07, 6.45) is 1.51. The third-order valence-corrected chi connectivity index (χ3v) is 4.10. The van der Waals surface area contributed by atoms with Crippen LogP contribution in [-0.4, -0.2) is 17.1 Å². The van der Waals surface area contributed by atoms with E-state index in [1.807, 2.05) is 67.6 Å². The zero-order valence-electron chi connectivity index (χ0n) is 14.5. The first-order valence-corrected chi connectivity index (χ1v) is 8.35. The van der Waals surface area contributed by atoms with Gasteiger partial charge in [-0.05, 0) is 24.6 Å². The molecule has 0 aliphatic carbocycles. The summed E-state index contributed by atoms with van der Waals surface area (Å²) in [4.78, 5) is 11.5. The van der Waals surface area contributed by atoms with Gasteiger partial charge in [0.05, 0.1) is 18.7 Å². The molecule has 0 saturated heterocycles. The van der Waals surface area contributed by atoms with E-state index < -0.39 is 5.91 Å². The second-order valence-corrected chi connectivity index (χ2v) is 5.77. The molecule has 0 atom stereocenters. The summed E-state index contributed by atoms with van der Waals surface area (Å²) in [7, 11) is 0. The summed E-state index contributed by atoms with van der Waals surface area (Å²) in [5.41, 5.74) is 7.99. The molecule has 2 N–H and O–H groups in total. The maximum atomic E-state index is 11.5. The number of nitrogens with zero attached hydrogens (tertiary/aromatic N) is 2. The number of carbonyl (C=O) groups is 1. The lowest BCUT2D eigenvalue weighted by molar-refractivity contribution is -0.114. The van der Waals surface area contributed by atoms with Crippen molar-refractivity contribution in [3.05, 3.63) is 71.3 Å². The number of fused-ring (bicyclic) bond motifs is 1. The second kappa shape index (κ2) is 7.58. The van der Waals surface area contributed by atoms with Crippen molar-refractivity contribution in [1.29, 1.82) is 5.26 Å². The van der Waals surface area contributed by atoms with Crippen molar-refractivity contribution in [3.8, 4) is 11.9 Å². The lowest BCUT2D eigenvalue weighted by Gasteiger charge is -2.12. The second-order valence-electron chi connectivity index (χ2n) is 5.77. The number of nitriles is 1. The number of benzene rings is 2. The molecular formula is C21H19N3O2. The number of para-hydroxylation sites is 1. The maximum Gasteiger partial charge on any atom is 0.259 e. The van der Waals surface area contributed by atoms with E-state index in [9.17, 15) is 10.1 Å². The van der Waals surface area contributed by atoms with Crippen LogP contribution in [0.1, 0.15) is 18.1 Å². The lowest BCUT2D eigenvalue weighted by Crippen LogP contribution is -2.12. The third kappa shape index (κ3) is 3.31. The molecule has 0 bridgehead atoms. The summed E-state index contributed by atoms with van der Waals surface area (Å²) in [5.74, 6) is -0.138. The molecule has 3 rings (SSSR count). The third-order valence-electron chi connectivity index (χ3n) is 4.10. The van der Waals surface area contributed by atoms with Crippen LogP contribution in [0.15, 0.2) is 60.2 Å². The molecule has 0 radical (unpaired) electrons. The fraction of sp³-hybridized carbons (Fsp3) is 0.143. The Morgan fingerprint density at radius 1 is 1.19 bits per heavy atom. The largest absolute Gasteiger partial charge is 0.479 e. The Balaban J connectivity index is 2.26. The Labute approximate surface area is 151 Å². The molecule has 0 unspecified atom stereocenters. The number of nitrogens with two attached hydrogens (primary N) is 1. The van der Waals surface area contributed by atoms with Crippen molar-refractivity contribution in [1.82, 2.24) is 4.57 Å². The summed E-state index contributed by atoms with van der Waals surface area (Å²) in [5, 5.41) is 10.1. The number of primary amides is 1. The SMILES string of the molecule is CCOc1c(C=C(C#N)C(N)=O)c2ccccc2n1Cc1ccccc1. The minimum atomic E-state index is -0.755. The van der Waals surface area contributed by atoms with Crippen molar-refractivity contribution < 1.29 is 9.53 Å². The van der Waals surface area contributed by atoms with E-state index >= 15 is 0 Å². The first kappa shape index (κ1) is 17.3. The van der Waals surface area contributed by atoms with E-state index in [1.54, 1.807) is 0 Å². The highest BCUT2D eigenvalue weighted by atomic mass is 16.5. The van der Waals surface area contributed by atoms with Crippen molar-refractivity contribution in [2.24, 2.45) is 5.73 Å². The van der Waals surface area contributed by atoms with Gasteiger partial charge in [0.1, 0.15) is 11.6 Å². The standard InChI is InChI=1S/C21H19N3O2/c1-2-26-21-18(12-16(13-22)20(23)25)17-10-6-7-11-19(17)24(21)14-15-8-4-3-5-9-15/h3-12H,2,14H2,1H3,(H2,23,25). The quantitative estimate of drug-likeness (QED) is 0.548. The molecule has 130 valence electrons. The van der Waals surface area contributed by atoms with Gasteiger partial charge in [0.25, 0.3) is 5.91 Å². The van der Waals surface area contributed by atoms with E-state index in [2.05, 4.69) is 4.57 Å². The molecule has 1 heterocycles. The molecule has 2 aromatic carbocycles. The van der Waals surface area contributed by atoms with Crippen LogP contribution in [-0.2, 0) is 11.3 Å². The van der Waals surface area contributed by atoms with Crippen LogP contribution in [0.3, 0.4) is 0 Å². The zero-order chi connectivity index (χ0) is 18.5. The molecule has 0 saturated carbocycles. The minimum Gasteiger partial charge on any atom is -0.479 e. The van der Waals surface area contributed by atoms with Crippen LogP contribution < -0.4 is 10.5 Å². The number of rotatable bonds is 6. The van der Waals surface area contributed by atoms with Crippen LogP contribution in [0.5, 0.6) is 5.88 Å². The minimum absolute atomic E-state index is 0.103. The van der Waals surface area contributed by atoms with Gasteiger partial charge in [-0.1, -0.05) is 48.5 Å². The molecule has 5 nitrogen and oxygen atoms in total. The van der Waals surface area contributed by atoms with Gasteiger partial charge < -0.3 is 15.0 Å². The number of carbonyl (C=O) groups excluding carboxylic acids is 1. The molecule has 0 aliphatic heterocycles. The summed E-state index contributed by atoms with van der Waals surface area (Å²) in [6, 6.07) is 19.7. The van der Waals surface area contributed by atoms with E-state index in [-0.39, 0.29) is 5.57 Å². The number of ether oxygens (including phenoxy) is 1. The summed E-state index contributed by atoms with van der Waals surface area (Å²) < 4.78 is 7.96. The normalized spacial score (nSPS) is 11.3.